The zero-order valence-electron chi connectivity index (χ0n) is 14.1. The second-order valence-electron chi connectivity index (χ2n) is 5.72. The van der Waals surface area contributed by atoms with E-state index in [0.29, 0.717) is 0 Å². The highest BCUT2D eigenvalue weighted by molar-refractivity contribution is 7.86. The maximum absolute atomic E-state index is 14.7. The van der Waals surface area contributed by atoms with Gasteiger partial charge < -0.3 is 5.11 Å². The molecule has 7 nitrogen and oxygen atoms in total. The molecule has 0 amide bonds. The van der Waals surface area contributed by atoms with Crippen molar-refractivity contribution in [3.05, 3.63) is 58.9 Å². The minimum Gasteiger partial charge on any atom is -0.507 e. The quantitative estimate of drug-likeness (QED) is 0.492. The van der Waals surface area contributed by atoms with Crippen LogP contribution in [0.3, 0.4) is 0 Å². The fourth-order valence-electron chi connectivity index (χ4n) is 2.81. The van der Waals surface area contributed by atoms with E-state index in [2.05, 4.69) is 4.28 Å². The second-order valence-corrected chi connectivity index (χ2v) is 7.29. The predicted molar refractivity (Wildman–Crippen MR) is 92.8 cm³/mol. The van der Waals surface area contributed by atoms with Crippen molar-refractivity contribution in [1.82, 2.24) is 0 Å². The van der Waals surface area contributed by atoms with Crippen LogP contribution >= 0.6 is 0 Å². The molecule has 3 aromatic rings. The number of halogens is 3. The third-order valence-corrected chi connectivity index (χ3v) is 5.22. The fraction of sp³-hybridized carbons (Fsp3) is 0. The van der Waals surface area contributed by atoms with Crippen molar-refractivity contribution >= 4 is 20.9 Å². The molecule has 0 radical (unpaired) electrons. The number of phenolic OH excluding ortho intramolecular Hbond substituents is 1. The highest BCUT2D eigenvalue weighted by atomic mass is 32.2. The van der Waals surface area contributed by atoms with Crippen molar-refractivity contribution in [3.63, 3.8) is 0 Å². The molecule has 11 heteroatoms. The lowest BCUT2D eigenvalue weighted by Crippen LogP contribution is -2.11. The van der Waals surface area contributed by atoms with E-state index in [0.717, 1.165) is 18.2 Å². The maximum Gasteiger partial charge on any atom is 0.312 e. The molecule has 0 saturated heterocycles. The van der Waals surface area contributed by atoms with Crippen LogP contribution in [-0.4, -0.2) is 13.5 Å². The molecule has 0 aliphatic rings. The highest BCUT2D eigenvalue weighted by Crippen LogP contribution is 2.36. The molecule has 0 aromatic heterocycles. The Morgan fingerprint density at radius 2 is 1.59 bits per heavy atom. The number of fused-ring (bicyclic) bond motifs is 1. The summed E-state index contributed by atoms with van der Waals surface area (Å²) in [6.45, 7) is 0. The van der Waals surface area contributed by atoms with Crippen LogP contribution in [0, 0.1) is 40.1 Å². The molecule has 3 N–H and O–H groups in total. The summed E-state index contributed by atoms with van der Waals surface area (Å²) < 4.78 is 70.1. The van der Waals surface area contributed by atoms with E-state index in [4.69, 9.17) is 16.4 Å². The number of aromatic hydroxyl groups is 1. The van der Waals surface area contributed by atoms with Crippen molar-refractivity contribution in [1.29, 1.82) is 10.5 Å². The van der Waals surface area contributed by atoms with E-state index in [9.17, 15) is 26.7 Å². The first-order valence-corrected chi connectivity index (χ1v) is 8.98. The number of nitriles is 2. The topological polar surface area (TPSA) is 137 Å². The molecule has 0 saturated carbocycles. The van der Waals surface area contributed by atoms with Gasteiger partial charge in [0.1, 0.15) is 29.0 Å². The first kappa shape index (κ1) is 20.1. The molecule has 0 bridgehead atoms. The third-order valence-electron chi connectivity index (χ3n) is 4.15. The monoisotopic (exact) mass is 419 g/mol. The summed E-state index contributed by atoms with van der Waals surface area (Å²) in [7, 11) is -4.39. The van der Waals surface area contributed by atoms with Gasteiger partial charge in [-0.05, 0) is 23.1 Å². The van der Waals surface area contributed by atoms with Gasteiger partial charge in [-0.25, -0.2) is 13.2 Å². The molecule has 3 aromatic carbocycles. The average Bonchev–Trinajstić information content (AvgIpc) is 2.70. The van der Waals surface area contributed by atoms with Crippen LogP contribution in [0.1, 0.15) is 11.1 Å². The van der Waals surface area contributed by atoms with Crippen molar-refractivity contribution in [2.45, 2.75) is 4.90 Å². The molecular weight excluding hydrogens is 411 g/mol. The van der Waals surface area contributed by atoms with Crippen LogP contribution in [-0.2, 0) is 14.4 Å². The van der Waals surface area contributed by atoms with E-state index < -0.39 is 54.9 Å². The molecule has 0 fully saturated rings. The number of hydrogen-bond acceptors (Lipinski definition) is 7. The summed E-state index contributed by atoms with van der Waals surface area (Å²) in [6, 6.07) is 8.02. The van der Waals surface area contributed by atoms with Gasteiger partial charge in [0.2, 0.25) is 0 Å². The van der Waals surface area contributed by atoms with Gasteiger partial charge >= 0.3 is 10.1 Å². The zero-order valence-corrected chi connectivity index (χ0v) is 14.9. The summed E-state index contributed by atoms with van der Waals surface area (Å²) in [5.74, 6) is -0.717. The molecule has 146 valence electrons. The van der Waals surface area contributed by atoms with Crippen LogP contribution < -0.4 is 5.90 Å². The minimum atomic E-state index is -4.39. The van der Waals surface area contributed by atoms with Crippen LogP contribution in [0.15, 0.2) is 35.2 Å². The summed E-state index contributed by atoms with van der Waals surface area (Å²) in [4.78, 5) is -0.522. The average molecular weight is 419 g/mol. The van der Waals surface area contributed by atoms with E-state index in [1.807, 2.05) is 0 Å². The van der Waals surface area contributed by atoms with Crippen LogP contribution in [0.2, 0.25) is 0 Å². The SMILES string of the molecule is N#Cc1c(F)c(F)c(C#N)c(-c2ccc3c(O)cc(S(=O)(=O)ON)cc3c2)c1F. The minimum absolute atomic E-state index is 0.0321. The first-order valence-electron chi connectivity index (χ1n) is 7.57. The summed E-state index contributed by atoms with van der Waals surface area (Å²) >= 11 is 0. The standard InChI is InChI=1S/C18H8F3N3O4S/c19-16-13(7-23)18(21)17(20)12(6-22)15(16)8-1-2-11-9(3-8)4-10(5-14(11)25)29(26,27)28-24/h1-5,25H,24H2. The number of rotatable bonds is 3. The predicted octanol–water partition coefficient (Wildman–Crippen LogP) is 2.95. The Kier molecular flexibility index (Phi) is 4.90. The maximum atomic E-state index is 14.7. The Labute approximate surface area is 161 Å². The molecule has 0 spiro atoms. The van der Waals surface area contributed by atoms with Gasteiger partial charge in [-0.1, -0.05) is 12.1 Å². The van der Waals surface area contributed by atoms with Crippen molar-refractivity contribution < 1.29 is 31.0 Å². The van der Waals surface area contributed by atoms with Gasteiger partial charge in [0, 0.05) is 17.0 Å². The largest absolute Gasteiger partial charge is 0.507 e. The lowest BCUT2D eigenvalue weighted by Gasteiger charge is -2.12. The molecule has 0 atom stereocenters. The van der Waals surface area contributed by atoms with Crippen molar-refractivity contribution in [2.24, 2.45) is 5.90 Å². The number of nitrogens with two attached hydrogens (primary N) is 1. The van der Waals surface area contributed by atoms with Crippen LogP contribution in [0.4, 0.5) is 13.2 Å². The Morgan fingerprint density at radius 3 is 2.17 bits per heavy atom. The number of nitrogens with zero attached hydrogens (tertiary/aromatic N) is 2. The van der Waals surface area contributed by atoms with Gasteiger partial charge in [0.05, 0.1) is 4.90 Å². The lowest BCUT2D eigenvalue weighted by atomic mass is 9.94. The lowest BCUT2D eigenvalue weighted by molar-refractivity contribution is 0.332. The van der Waals surface area contributed by atoms with Crippen molar-refractivity contribution in [2.75, 3.05) is 0 Å². The summed E-state index contributed by atoms with van der Waals surface area (Å²) in [5, 5.41) is 28.3. The zero-order chi connectivity index (χ0) is 21.5. The Bertz CT molecular complexity index is 1380. The van der Waals surface area contributed by atoms with E-state index in [-0.39, 0.29) is 16.3 Å². The molecule has 0 unspecified atom stereocenters. The van der Waals surface area contributed by atoms with Crippen LogP contribution in [0.25, 0.3) is 21.9 Å². The number of phenols is 1. The molecular formula is C18H8F3N3O4S. The summed E-state index contributed by atoms with van der Waals surface area (Å²) in [5.41, 5.74) is -3.04. The van der Waals surface area contributed by atoms with E-state index in [1.165, 1.54) is 24.3 Å². The van der Waals surface area contributed by atoms with E-state index in [1.54, 1.807) is 0 Å². The van der Waals surface area contributed by atoms with E-state index >= 15 is 0 Å². The molecule has 0 heterocycles. The number of hydrogen-bond donors (Lipinski definition) is 2. The van der Waals surface area contributed by atoms with Gasteiger partial charge in [0.25, 0.3) is 0 Å². The van der Waals surface area contributed by atoms with Gasteiger partial charge in [0.15, 0.2) is 17.5 Å². The Hall–Kier alpha value is -3.64. The van der Waals surface area contributed by atoms with Crippen LogP contribution in [0.5, 0.6) is 5.75 Å². The van der Waals surface area contributed by atoms with Gasteiger partial charge in [-0.3, -0.25) is 0 Å². The molecule has 0 aliphatic carbocycles. The fourth-order valence-corrected chi connectivity index (χ4v) is 3.45. The van der Waals surface area contributed by atoms with Gasteiger partial charge in [-0.15, -0.1) is 0 Å². The van der Waals surface area contributed by atoms with Crippen molar-refractivity contribution in [3.8, 4) is 29.0 Å². The normalized spacial score (nSPS) is 11.2. The number of benzene rings is 3. The van der Waals surface area contributed by atoms with Gasteiger partial charge in [-0.2, -0.15) is 29.1 Å². The Balaban J connectivity index is 2.40. The molecule has 3 rings (SSSR count). The second kappa shape index (κ2) is 7.07. The molecule has 29 heavy (non-hydrogen) atoms. The first-order chi connectivity index (χ1) is 13.7. The summed E-state index contributed by atoms with van der Waals surface area (Å²) in [6.07, 6.45) is 0. The third kappa shape index (κ3) is 3.13. The molecule has 0 aliphatic heterocycles. The highest BCUT2D eigenvalue weighted by Gasteiger charge is 2.26. The Morgan fingerprint density at radius 1 is 0.966 bits per heavy atom. The smallest absolute Gasteiger partial charge is 0.312 e.